The van der Waals surface area contributed by atoms with Gasteiger partial charge >= 0.3 is 0 Å². The van der Waals surface area contributed by atoms with Gasteiger partial charge in [-0.15, -0.1) is 10.2 Å². The van der Waals surface area contributed by atoms with E-state index in [1.54, 1.807) is 0 Å². The number of aryl methyl sites for hydroxylation is 1. The summed E-state index contributed by atoms with van der Waals surface area (Å²) in [5.41, 5.74) is 0.731. The van der Waals surface area contributed by atoms with Crippen LogP contribution in [0.4, 0.5) is 5.13 Å². The smallest absolute Gasteiger partial charge is 0.231 e. The highest BCUT2D eigenvalue weighted by molar-refractivity contribution is 7.15. The molecular formula is C15H19N3O2S. The molecule has 0 saturated heterocycles. The third kappa shape index (κ3) is 4.53. The molecule has 112 valence electrons. The highest BCUT2D eigenvalue weighted by atomic mass is 32.1. The van der Waals surface area contributed by atoms with Crippen LogP contribution in [0, 0.1) is 12.3 Å². The van der Waals surface area contributed by atoms with Crippen molar-refractivity contribution in [1.82, 2.24) is 10.2 Å². The van der Waals surface area contributed by atoms with Gasteiger partial charge in [0, 0.05) is 5.41 Å². The summed E-state index contributed by atoms with van der Waals surface area (Å²) >= 11 is 1.32. The first-order valence-electron chi connectivity index (χ1n) is 6.68. The van der Waals surface area contributed by atoms with Gasteiger partial charge in [-0.25, -0.2) is 0 Å². The second kappa shape index (κ2) is 6.22. The van der Waals surface area contributed by atoms with Crippen LogP contribution in [0.2, 0.25) is 0 Å². The zero-order valence-corrected chi connectivity index (χ0v) is 13.5. The van der Waals surface area contributed by atoms with Gasteiger partial charge in [-0.2, -0.15) is 0 Å². The van der Waals surface area contributed by atoms with Gasteiger partial charge in [0.2, 0.25) is 11.0 Å². The van der Waals surface area contributed by atoms with Crippen molar-refractivity contribution in [2.45, 2.75) is 34.3 Å². The standard InChI is InChI=1S/C15H19N3O2S/c1-10-5-7-11(8-6-10)20-9-12-17-18-14(21-12)16-13(19)15(2,3)4/h5-8H,9H2,1-4H3,(H,16,18,19). The normalized spacial score (nSPS) is 11.2. The summed E-state index contributed by atoms with van der Waals surface area (Å²) in [5, 5.41) is 11.9. The van der Waals surface area contributed by atoms with Crippen LogP contribution in [-0.4, -0.2) is 16.1 Å². The molecular weight excluding hydrogens is 286 g/mol. The summed E-state index contributed by atoms with van der Waals surface area (Å²) in [5.74, 6) is 0.709. The molecule has 0 aliphatic carbocycles. The number of benzene rings is 1. The Labute approximate surface area is 128 Å². The number of hydrogen-bond donors (Lipinski definition) is 1. The third-order valence-electron chi connectivity index (χ3n) is 2.75. The fraction of sp³-hybridized carbons (Fsp3) is 0.400. The van der Waals surface area contributed by atoms with Gasteiger partial charge in [-0.3, -0.25) is 4.79 Å². The molecule has 0 spiro atoms. The first-order chi connectivity index (χ1) is 9.84. The number of aromatic nitrogens is 2. The van der Waals surface area contributed by atoms with Gasteiger partial charge in [0.05, 0.1) is 0 Å². The Hall–Kier alpha value is -1.95. The van der Waals surface area contributed by atoms with E-state index in [0.29, 0.717) is 11.7 Å². The second-order valence-corrected chi connectivity index (χ2v) is 6.87. The van der Waals surface area contributed by atoms with E-state index in [9.17, 15) is 4.79 Å². The summed E-state index contributed by atoms with van der Waals surface area (Å²) in [6, 6.07) is 7.81. The van der Waals surface area contributed by atoms with Crippen LogP contribution in [-0.2, 0) is 11.4 Å². The summed E-state index contributed by atoms with van der Waals surface area (Å²) in [4.78, 5) is 11.9. The predicted octanol–water partition coefficient (Wildman–Crippen LogP) is 3.41. The van der Waals surface area contributed by atoms with Crippen molar-refractivity contribution in [1.29, 1.82) is 0 Å². The van der Waals surface area contributed by atoms with Crippen LogP contribution >= 0.6 is 11.3 Å². The fourth-order valence-electron chi connectivity index (χ4n) is 1.43. The Kier molecular flexibility index (Phi) is 4.57. The van der Waals surface area contributed by atoms with Crippen LogP contribution in [0.1, 0.15) is 31.3 Å². The topological polar surface area (TPSA) is 64.1 Å². The lowest BCUT2D eigenvalue weighted by Crippen LogP contribution is -2.27. The van der Waals surface area contributed by atoms with Gasteiger partial charge in [0.15, 0.2) is 5.01 Å². The van der Waals surface area contributed by atoms with Crippen LogP contribution in [0.3, 0.4) is 0 Å². The van der Waals surface area contributed by atoms with E-state index in [0.717, 1.165) is 10.8 Å². The maximum absolute atomic E-state index is 11.9. The van der Waals surface area contributed by atoms with Crippen molar-refractivity contribution in [3.63, 3.8) is 0 Å². The van der Waals surface area contributed by atoms with Crippen molar-refractivity contribution in [2.75, 3.05) is 5.32 Å². The SMILES string of the molecule is Cc1ccc(OCc2nnc(NC(=O)C(C)(C)C)s2)cc1. The number of anilines is 1. The lowest BCUT2D eigenvalue weighted by atomic mass is 9.96. The molecule has 0 unspecified atom stereocenters. The van der Waals surface area contributed by atoms with Crippen LogP contribution in [0.15, 0.2) is 24.3 Å². The van der Waals surface area contributed by atoms with Gasteiger partial charge in [0.1, 0.15) is 12.4 Å². The molecule has 6 heteroatoms. The van der Waals surface area contributed by atoms with E-state index < -0.39 is 5.41 Å². The van der Waals surface area contributed by atoms with Gasteiger partial charge in [0.25, 0.3) is 0 Å². The Morgan fingerprint density at radius 2 is 1.90 bits per heavy atom. The summed E-state index contributed by atoms with van der Waals surface area (Å²) < 4.78 is 5.63. The van der Waals surface area contributed by atoms with E-state index in [4.69, 9.17) is 4.74 Å². The largest absolute Gasteiger partial charge is 0.486 e. The van der Waals surface area contributed by atoms with Crippen LogP contribution in [0.25, 0.3) is 0 Å². The second-order valence-electron chi connectivity index (χ2n) is 5.81. The Bertz CT molecular complexity index is 615. The zero-order chi connectivity index (χ0) is 15.5. The average Bonchev–Trinajstić information content (AvgIpc) is 2.85. The molecule has 1 heterocycles. The monoisotopic (exact) mass is 305 g/mol. The average molecular weight is 305 g/mol. The molecule has 0 aliphatic heterocycles. The molecule has 0 fully saturated rings. The third-order valence-corrected chi connectivity index (χ3v) is 3.56. The summed E-state index contributed by atoms with van der Waals surface area (Å²) in [6.07, 6.45) is 0. The molecule has 1 aromatic heterocycles. The Morgan fingerprint density at radius 1 is 1.24 bits per heavy atom. The van der Waals surface area contributed by atoms with Crippen LogP contribution < -0.4 is 10.1 Å². The Balaban J connectivity index is 1.91. The number of nitrogens with zero attached hydrogens (tertiary/aromatic N) is 2. The number of ether oxygens (including phenoxy) is 1. The summed E-state index contributed by atoms with van der Waals surface area (Å²) in [6.45, 7) is 7.92. The minimum atomic E-state index is -0.454. The number of carbonyl (C=O) groups is 1. The fourth-order valence-corrected chi connectivity index (χ4v) is 2.07. The van der Waals surface area contributed by atoms with Crippen LogP contribution in [0.5, 0.6) is 5.75 Å². The molecule has 0 aliphatic rings. The van der Waals surface area contributed by atoms with Crippen molar-refractivity contribution in [2.24, 2.45) is 5.41 Å². The number of carbonyl (C=O) groups excluding carboxylic acids is 1. The molecule has 1 aromatic carbocycles. The number of nitrogens with one attached hydrogen (secondary N) is 1. The van der Waals surface area contributed by atoms with Crippen molar-refractivity contribution in [3.05, 3.63) is 34.8 Å². The molecule has 0 radical (unpaired) electrons. The minimum absolute atomic E-state index is 0.0790. The molecule has 1 N–H and O–H groups in total. The van der Waals surface area contributed by atoms with Gasteiger partial charge in [-0.1, -0.05) is 49.8 Å². The minimum Gasteiger partial charge on any atom is -0.486 e. The highest BCUT2D eigenvalue weighted by Gasteiger charge is 2.22. The van der Waals surface area contributed by atoms with Gasteiger partial charge < -0.3 is 10.1 Å². The zero-order valence-electron chi connectivity index (χ0n) is 12.6. The maximum Gasteiger partial charge on any atom is 0.231 e. The Morgan fingerprint density at radius 3 is 2.52 bits per heavy atom. The molecule has 0 saturated carbocycles. The van der Waals surface area contributed by atoms with Crippen molar-refractivity contribution in [3.8, 4) is 5.75 Å². The van der Waals surface area contributed by atoms with Crippen molar-refractivity contribution >= 4 is 22.4 Å². The van der Waals surface area contributed by atoms with Crippen molar-refractivity contribution < 1.29 is 9.53 Å². The lowest BCUT2D eigenvalue weighted by Gasteiger charge is -2.15. The molecule has 5 nitrogen and oxygen atoms in total. The lowest BCUT2D eigenvalue weighted by molar-refractivity contribution is -0.123. The predicted molar refractivity (Wildman–Crippen MR) is 83.5 cm³/mol. The number of amides is 1. The first-order valence-corrected chi connectivity index (χ1v) is 7.49. The quantitative estimate of drug-likeness (QED) is 0.940. The molecule has 2 aromatic rings. The number of rotatable bonds is 4. The van der Waals surface area contributed by atoms with E-state index in [1.165, 1.54) is 16.9 Å². The molecule has 0 atom stereocenters. The molecule has 1 amide bonds. The van der Waals surface area contributed by atoms with E-state index in [-0.39, 0.29) is 5.91 Å². The highest BCUT2D eigenvalue weighted by Crippen LogP contribution is 2.21. The van der Waals surface area contributed by atoms with E-state index >= 15 is 0 Å². The molecule has 2 rings (SSSR count). The van der Waals surface area contributed by atoms with Gasteiger partial charge in [-0.05, 0) is 19.1 Å². The summed E-state index contributed by atoms with van der Waals surface area (Å²) in [7, 11) is 0. The first kappa shape index (κ1) is 15.4. The van der Waals surface area contributed by atoms with E-state index in [1.807, 2.05) is 52.0 Å². The maximum atomic E-state index is 11.9. The van der Waals surface area contributed by atoms with E-state index in [2.05, 4.69) is 15.5 Å². The molecule has 0 bridgehead atoms. The number of hydrogen-bond acceptors (Lipinski definition) is 5. The molecule has 21 heavy (non-hydrogen) atoms.